The van der Waals surface area contributed by atoms with Gasteiger partial charge in [0.1, 0.15) is 23.5 Å². The summed E-state index contributed by atoms with van der Waals surface area (Å²) in [6, 6.07) is 9.64. The lowest BCUT2D eigenvalue weighted by atomic mass is 9.85. The molecule has 0 spiro atoms. The molecule has 3 fully saturated rings. The van der Waals surface area contributed by atoms with Crippen LogP contribution in [0.4, 0.5) is 14.6 Å². The van der Waals surface area contributed by atoms with E-state index in [1.165, 1.54) is 12.1 Å². The molecular formula is C21H19F2N5O. The minimum absolute atomic E-state index is 0.00696. The quantitative estimate of drug-likeness (QED) is 0.838. The number of hydrogen-bond acceptors (Lipinski definition) is 5. The van der Waals surface area contributed by atoms with E-state index < -0.39 is 17.2 Å². The zero-order valence-electron chi connectivity index (χ0n) is 15.6. The number of carbonyl (C=O) groups is 1. The molecule has 29 heavy (non-hydrogen) atoms. The van der Waals surface area contributed by atoms with Gasteiger partial charge in [-0.1, -0.05) is 6.07 Å². The predicted molar refractivity (Wildman–Crippen MR) is 101 cm³/mol. The Hall–Kier alpha value is -3.05. The van der Waals surface area contributed by atoms with E-state index in [-0.39, 0.29) is 24.5 Å². The summed E-state index contributed by atoms with van der Waals surface area (Å²) in [5, 5.41) is 12.1. The summed E-state index contributed by atoms with van der Waals surface area (Å²) >= 11 is 0. The minimum atomic E-state index is -0.601. The highest BCUT2D eigenvalue weighted by Gasteiger charge is 2.54. The third-order valence-corrected chi connectivity index (χ3v) is 6.28. The summed E-state index contributed by atoms with van der Waals surface area (Å²) in [7, 11) is 0. The van der Waals surface area contributed by atoms with Crippen LogP contribution in [-0.4, -0.2) is 47.5 Å². The maximum atomic E-state index is 14.1. The van der Waals surface area contributed by atoms with Crippen molar-refractivity contribution in [1.29, 1.82) is 5.26 Å². The molecule has 1 unspecified atom stereocenters. The van der Waals surface area contributed by atoms with Crippen LogP contribution in [0.15, 0.2) is 36.5 Å². The lowest BCUT2D eigenvalue weighted by Gasteiger charge is -2.62. The number of rotatable bonds is 5. The molecule has 5 rings (SSSR count). The highest BCUT2D eigenvalue weighted by atomic mass is 19.1. The molecule has 2 atom stereocenters. The Balaban J connectivity index is 1.16. The monoisotopic (exact) mass is 395 g/mol. The molecule has 2 aliphatic heterocycles. The standard InChI is InChI=1S/C21H19F2N5O/c22-14-2-3-15(16(23)7-14)21(5-6-21)26-10-20(29)28-12-17-18(28)11-27(17)19-4-1-13(8-24)9-25-19/h1-4,7,9,17-18,26H,5-6,10-12H2/t17?,18-/m1/s1. The first-order valence-corrected chi connectivity index (χ1v) is 9.64. The van der Waals surface area contributed by atoms with Crippen LogP contribution in [0.5, 0.6) is 0 Å². The second-order valence-corrected chi connectivity index (χ2v) is 7.91. The van der Waals surface area contributed by atoms with Gasteiger partial charge in [-0.15, -0.1) is 0 Å². The van der Waals surface area contributed by atoms with Crippen molar-refractivity contribution in [2.75, 3.05) is 24.5 Å². The largest absolute Gasteiger partial charge is 0.348 e. The molecule has 1 aliphatic carbocycles. The summed E-state index contributed by atoms with van der Waals surface area (Å²) in [6.07, 6.45) is 3.01. The van der Waals surface area contributed by atoms with Crippen LogP contribution in [0.1, 0.15) is 24.0 Å². The minimum Gasteiger partial charge on any atom is -0.348 e. The normalized spacial score (nSPS) is 23.5. The number of piperazine rings is 1. The Morgan fingerprint density at radius 2 is 2.07 bits per heavy atom. The van der Waals surface area contributed by atoms with Crippen LogP contribution in [0.2, 0.25) is 0 Å². The number of anilines is 1. The molecule has 0 bridgehead atoms. The molecule has 1 amide bonds. The second-order valence-electron chi connectivity index (χ2n) is 7.91. The SMILES string of the molecule is N#Cc1ccc(N2C[C@@H]3C2CN3C(=O)CNC2(c3ccc(F)cc3F)CC2)nc1. The third kappa shape index (κ3) is 2.93. The van der Waals surface area contributed by atoms with Gasteiger partial charge in [0.2, 0.25) is 5.91 Å². The first kappa shape index (κ1) is 18.0. The molecule has 2 saturated heterocycles. The van der Waals surface area contributed by atoms with Gasteiger partial charge in [0, 0.05) is 36.5 Å². The van der Waals surface area contributed by atoms with Crippen LogP contribution in [-0.2, 0) is 10.3 Å². The van der Waals surface area contributed by atoms with Crippen molar-refractivity contribution in [3.8, 4) is 6.07 Å². The molecule has 3 heterocycles. The van der Waals surface area contributed by atoms with E-state index in [1.807, 2.05) is 11.0 Å². The zero-order valence-corrected chi connectivity index (χ0v) is 15.6. The van der Waals surface area contributed by atoms with E-state index in [1.54, 1.807) is 12.3 Å². The molecule has 148 valence electrons. The molecule has 2 aromatic rings. The number of fused-ring (bicyclic) bond motifs is 1. The number of halogens is 2. The molecule has 8 heteroatoms. The zero-order chi connectivity index (χ0) is 20.2. The number of likely N-dealkylation sites (tertiary alicyclic amines) is 1. The average molecular weight is 395 g/mol. The fraction of sp³-hybridized carbons (Fsp3) is 0.381. The third-order valence-electron chi connectivity index (χ3n) is 6.28. The van der Waals surface area contributed by atoms with Gasteiger partial charge < -0.3 is 9.80 Å². The average Bonchev–Trinajstić information content (AvgIpc) is 3.49. The second kappa shape index (κ2) is 6.49. The number of amides is 1. The number of benzene rings is 1. The van der Waals surface area contributed by atoms with Crippen LogP contribution < -0.4 is 10.2 Å². The molecule has 6 nitrogen and oxygen atoms in total. The van der Waals surface area contributed by atoms with E-state index in [4.69, 9.17) is 5.26 Å². The topological polar surface area (TPSA) is 72.3 Å². The van der Waals surface area contributed by atoms with Crippen molar-refractivity contribution in [2.24, 2.45) is 0 Å². The van der Waals surface area contributed by atoms with E-state index in [9.17, 15) is 13.6 Å². The van der Waals surface area contributed by atoms with Gasteiger partial charge >= 0.3 is 0 Å². The molecule has 3 aliphatic rings. The van der Waals surface area contributed by atoms with Gasteiger partial charge in [0.15, 0.2) is 0 Å². The van der Waals surface area contributed by atoms with Gasteiger partial charge in [-0.25, -0.2) is 13.8 Å². The van der Waals surface area contributed by atoms with Gasteiger partial charge in [0.25, 0.3) is 0 Å². The summed E-state index contributed by atoms with van der Waals surface area (Å²) < 4.78 is 27.3. The fourth-order valence-electron chi connectivity index (χ4n) is 4.32. The molecular weight excluding hydrogens is 376 g/mol. The number of nitrogens with zero attached hydrogens (tertiary/aromatic N) is 4. The Morgan fingerprint density at radius 3 is 2.66 bits per heavy atom. The number of carbonyl (C=O) groups excluding carboxylic acids is 1. The highest BCUT2D eigenvalue weighted by Crippen LogP contribution is 2.46. The van der Waals surface area contributed by atoms with Gasteiger partial charge in [0.05, 0.1) is 24.2 Å². The number of pyridine rings is 1. The van der Waals surface area contributed by atoms with Crippen molar-refractivity contribution < 1.29 is 13.6 Å². The summed E-state index contributed by atoms with van der Waals surface area (Å²) in [4.78, 5) is 20.9. The van der Waals surface area contributed by atoms with Crippen molar-refractivity contribution >= 4 is 11.7 Å². The number of nitrogens with one attached hydrogen (secondary N) is 1. The lowest BCUT2D eigenvalue weighted by Crippen LogP contribution is -2.80. The van der Waals surface area contributed by atoms with Crippen LogP contribution in [0, 0.1) is 23.0 Å². The number of hydrogen-bond donors (Lipinski definition) is 1. The van der Waals surface area contributed by atoms with Gasteiger partial charge in [-0.2, -0.15) is 5.26 Å². The summed E-state index contributed by atoms with van der Waals surface area (Å²) in [5.74, 6) is -0.362. The molecule has 1 saturated carbocycles. The van der Waals surface area contributed by atoms with E-state index in [0.717, 1.165) is 24.7 Å². The summed E-state index contributed by atoms with van der Waals surface area (Å²) in [5.41, 5.74) is 0.388. The van der Waals surface area contributed by atoms with Gasteiger partial charge in [-0.3, -0.25) is 10.1 Å². The lowest BCUT2D eigenvalue weighted by molar-refractivity contribution is -0.143. The Kier molecular flexibility index (Phi) is 4.03. The Labute approximate surface area is 166 Å². The van der Waals surface area contributed by atoms with Crippen molar-refractivity contribution in [1.82, 2.24) is 15.2 Å². The first-order valence-electron chi connectivity index (χ1n) is 9.64. The molecule has 0 radical (unpaired) electrons. The van der Waals surface area contributed by atoms with E-state index in [0.29, 0.717) is 24.2 Å². The van der Waals surface area contributed by atoms with Crippen molar-refractivity contribution in [3.05, 3.63) is 59.3 Å². The van der Waals surface area contributed by atoms with Crippen molar-refractivity contribution in [3.63, 3.8) is 0 Å². The Morgan fingerprint density at radius 1 is 1.24 bits per heavy atom. The smallest absolute Gasteiger partial charge is 0.237 e. The molecule has 1 aromatic heterocycles. The maximum absolute atomic E-state index is 14.1. The van der Waals surface area contributed by atoms with E-state index in [2.05, 4.69) is 21.3 Å². The highest BCUT2D eigenvalue weighted by molar-refractivity contribution is 5.81. The van der Waals surface area contributed by atoms with Crippen LogP contribution in [0.3, 0.4) is 0 Å². The number of aromatic nitrogens is 1. The van der Waals surface area contributed by atoms with Gasteiger partial charge in [-0.05, 0) is 31.0 Å². The molecule has 1 N–H and O–H groups in total. The first-order chi connectivity index (χ1) is 14.0. The van der Waals surface area contributed by atoms with Crippen LogP contribution in [0.25, 0.3) is 0 Å². The van der Waals surface area contributed by atoms with E-state index >= 15 is 0 Å². The fourth-order valence-corrected chi connectivity index (χ4v) is 4.32. The van der Waals surface area contributed by atoms with Crippen LogP contribution >= 0.6 is 0 Å². The number of nitriles is 1. The predicted octanol–water partition coefficient (Wildman–Crippen LogP) is 1.91. The Bertz CT molecular complexity index is 1010. The summed E-state index contributed by atoms with van der Waals surface area (Å²) in [6.45, 7) is 1.48. The molecule has 1 aromatic carbocycles. The maximum Gasteiger partial charge on any atom is 0.237 e. The van der Waals surface area contributed by atoms with Crippen molar-refractivity contribution in [2.45, 2.75) is 30.5 Å².